The number of hydrogen-bond acceptors (Lipinski definition) is 2. The maximum Gasteiger partial charge on any atom is 0.251 e. The highest BCUT2D eigenvalue weighted by Crippen LogP contribution is 2.28. The van der Waals surface area contributed by atoms with Crippen molar-refractivity contribution in [3.8, 4) is 0 Å². The quantitative estimate of drug-likeness (QED) is 0.887. The molecule has 1 aliphatic rings. The summed E-state index contributed by atoms with van der Waals surface area (Å²) in [5.41, 5.74) is 2.09. The molecule has 0 saturated carbocycles. The molecule has 1 aromatic carbocycles. The van der Waals surface area contributed by atoms with E-state index in [0.29, 0.717) is 12.0 Å². The Morgan fingerprint density at radius 3 is 2.50 bits per heavy atom. The third-order valence-electron chi connectivity index (χ3n) is 3.82. The molecular weight excluding hydrogens is 224 g/mol. The van der Waals surface area contributed by atoms with Crippen LogP contribution in [0.4, 0.5) is 0 Å². The molecule has 1 fully saturated rings. The first-order chi connectivity index (χ1) is 8.61. The van der Waals surface area contributed by atoms with Crippen molar-refractivity contribution in [1.29, 1.82) is 0 Å². The summed E-state index contributed by atoms with van der Waals surface area (Å²) in [7, 11) is 1.66. The summed E-state index contributed by atoms with van der Waals surface area (Å²) in [5.74, 6) is 0.600. The van der Waals surface area contributed by atoms with E-state index in [9.17, 15) is 4.79 Å². The molecule has 3 nitrogen and oxygen atoms in total. The molecule has 18 heavy (non-hydrogen) atoms. The number of nitrogens with one attached hydrogen (secondary N) is 1. The van der Waals surface area contributed by atoms with Gasteiger partial charge in [0.2, 0.25) is 0 Å². The second-order valence-electron chi connectivity index (χ2n) is 5.28. The van der Waals surface area contributed by atoms with Gasteiger partial charge in [0.25, 0.3) is 5.91 Å². The molecule has 2 rings (SSSR count). The Morgan fingerprint density at radius 1 is 1.33 bits per heavy atom. The van der Waals surface area contributed by atoms with Gasteiger partial charge in [-0.3, -0.25) is 4.79 Å². The Balaban J connectivity index is 2.05. The fourth-order valence-corrected chi connectivity index (χ4v) is 2.58. The van der Waals surface area contributed by atoms with Gasteiger partial charge in [-0.15, -0.1) is 0 Å². The molecule has 98 valence electrons. The van der Waals surface area contributed by atoms with Crippen LogP contribution in [0.2, 0.25) is 0 Å². The Bertz CT molecular complexity index is 411. The molecule has 1 aromatic rings. The van der Waals surface area contributed by atoms with E-state index < -0.39 is 0 Å². The molecule has 0 radical (unpaired) electrons. The van der Waals surface area contributed by atoms with Crippen molar-refractivity contribution >= 4 is 5.91 Å². The minimum Gasteiger partial charge on any atom is -0.355 e. The maximum absolute atomic E-state index is 11.5. The number of carbonyl (C=O) groups is 1. The number of nitrogens with zero attached hydrogens (tertiary/aromatic N) is 1. The van der Waals surface area contributed by atoms with Crippen molar-refractivity contribution in [1.82, 2.24) is 10.2 Å². The second-order valence-corrected chi connectivity index (χ2v) is 5.28. The zero-order valence-corrected chi connectivity index (χ0v) is 11.4. The SMILES string of the molecule is CNC(=O)c1ccc(C2CCN(C(C)C)C2)cc1. The largest absolute Gasteiger partial charge is 0.355 e. The Hall–Kier alpha value is -1.35. The summed E-state index contributed by atoms with van der Waals surface area (Å²) in [6.07, 6.45) is 1.22. The van der Waals surface area contributed by atoms with Crippen LogP contribution in [-0.2, 0) is 0 Å². The fraction of sp³-hybridized carbons (Fsp3) is 0.533. The van der Waals surface area contributed by atoms with Gasteiger partial charge in [-0.2, -0.15) is 0 Å². The van der Waals surface area contributed by atoms with E-state index >= 15 is 0 Å². The number of likely N-dealkylation sites (tertiary alicyclic amines) is 1. The van der Waals surface area contributed by atoms with Crippen LogP contribution in [0, 0.1) is 0 Å². The molecule has 3 heteroatoms. The van der Waals surface area contributed by atoms with E-state index in [1.54, 1.807) is 7.05 Å². The zero-order chi connectivity index (χ0) is 13.1. The number of rotatable bonds is 3. The predicted molar refractivity (Wildman–Crippen MR) is 73.9 cm³/mol. The topological polar surface area (TPSA) is 32.3 Å². The van der Waals surface area contributed by atoms with E-state index in [2.05, 4.69) is 36.2 Å². The lowest BCUT2D eigenvalue weighted by atomic mass is 9.97. The molecule has 0 bridgehead atoms. The first kappa shape index (κ1) is 13.1. The zero-order valence-electron chi connectivity index (χ0n) is 11.4. The molecule has 1 amide bonds. The molecule has 1 aliphatic heterocycles. The van der Waals surface area contributed by atoms with E-state index in [4.69, 9.17) is 0 Å². The Labute approximate surface area is 109 Å². The second kappa shape index (κ2) is 5.53. The van der Waals surface area contributed by atoms with Gasteiger partial charge < -0.3 is 10.2 Å². The number of amides is 1. The van der Waals surface area contributed by atoms with Crippen LogP contribution >= 0.6 is 0 Å². The minimum atomic E-state index is -0.0169. The van der Waals surface area contributed by atoms with Crippen molar-refractivity contribution < 1.29 is 4.79 Å². The third kappa shape index (κ3) is 2.72. The Kier molecular flexibility index (Phi) is 4.02. The van der Waals surface area contributed by atoms with Crippen LogP contribution < -0.4 is 5.32 Å². The maximum atomic E-state index is 11.5. The number of benzene rings is 1. The first-order valence-electron chi connectivity index (χ1n) is 6.68. The molecule has 1 unspecified atom stereocenters. The minimum absolute atomic E-state index is 0.0169. The number of carbonyl (C=O) groups excluding carboxylic acids is 1. The summed E-state index contributed by atoms with van der Waals surface area (Å²) >= 11 is 0. The van der Waals surface area contributed by atoms with Gasteiger partial charge in [-0.25, -0.2) is 0 Å². The van der Waals surface area contributed by atoms with Gasteiger partial charge in [0.05, 0.1) is 0 Å². The van der Waals surface area contributed by atoms with Gasteiger partial charge in [0.15, 0.2) is 0 Å². The number of hydrogen-bond donors (Lipinski definition) is 1. The van der Waals surface area contributed by atoms with Crippen LogP contribution in [0.25, 0.3) is 0 Å². The van der Waals surface area contributed by atoms with E-state index in [1.807, 2.05) is 12.1 Å². The van der Waals surface area contributed by atoms with Gasteiger partial charge in [0.1, 0.15) is 0 Å². The smallest absolute Gasteiger partial charge is 0.251 e. The summed E-state index contributed by atoms with van der Waals surface area (Å²) in [5, 5.41) is 2.65. The highest BCUT2D eigenvalue weighted by molar-refractivity contribution is 5.93. The third-order valence-corrected chi connectivity index (χ3v) is 3.82. The lowest BCUT2D eigenvalue weighted by molar-refractivity contribution is 0.0963. The van der Waals surface area contributed by atoms with Crippen LogP contribution in [0.3, 0.4) is 0 Å². The standard InChI is InChI=1S/C15H22N2O/c1-11(2)17-9-8-14(10-17)12-4-6-13(7-5-12)15(18)16-3/h4-7,11,14H,8-10H2,1-3H3,(H,16,18). The molecule has 1 N–H and O–H groups in total. The first-order valence-corrected chi connectivity index (χ1v) is 6.68. The van der Waals surface area contributed by atoms with Gasteiger partial charge in [0, 0.05) is 25.2 Å². The monoisotopic (exact) mass is 246 g/mol. The van der Waals surface area contributed by atoms with Crippen LogP contribution in [0.15, 0.2) is 24.3 Å². The van der Waals surface area contributed by atoms with E-state index in [0.717, 1.165) is 12.1 Å². The normalized spacial score (nSPS) is 20.3. The van der Waals surface area contributed by atoms with Crippen LogP contribution in [0.1, 0.15) is 42.1 Å². The average Bonchev–Trinajstić information content (AvgIpc) is 2.88. The molecule has 0 spiro atoms. The fourth-order valence-electron chi connectivity index (χ4n) is 2.58. The van der Waals surface area contributed by atoms with Crippen molar-refractivity contribution in [3.05, 3.63) is 35.4 Å². The predicted octanol–water partition coefficient (Wildman–Crippen LogP) is 2.24. The van der Waals surface area contributed by atoms with Crippen LogP contribution in [-0.4, -0.2) is 37.0 Å². The molecule has 1 atom stereocenters. The highest BCUT2D eigenvalue weighted by atomic mass is 16.1. The highest BCUT2D eigenvalue weighted by Gasteiger charge is 2.25. The van der Waals surface area contributed by atoms with Crippen molar-refractivity contribution in [3.63, 3.8) is 0 Å². The lowest BCUT2D eigenvalue weighted by Gasteiger charge is -2.20. The van der Waals surface area contributed by atoms with E-state index in [1.165, 1.54) is 18.5 Å². The van der Waals surface area contributed by atoms with Gasteiger partial charge >= 0.3 is 0 Å². The summed E-state index contributed by atoms with van der Waals surface area (Å²) in [6, 6.07) is 8.66. The average molecular weight is 246 g/mol. The van der Waals surface area contributed by atoms with Gasteiger partial charge in [-0.1, -0.05) is 12.1 Å². The van der Waals surface area contributed by atoms with E-state index in [-0.39, 0.29) is 5.91 Å². The lowest BCUT2D eigenvalue weighted by Crippen LogP contribution is -2.27. The van der Waals surface area contributed by atoms with Gasteiger partial charge in [-0.05, 0) is 50.4 Å². The van der Waals surface area contributed by atoms with Crippen molar-refractivity contribution in [2.75, 3.05) is 20.1 Å². The van der Waals surface area contributed by atoms with Crippen LogP contribution in [0.5, 0.6) is 0 Å². The summed E-state index contributed by atoms with van der Waals surface area (Å²) in [6.45, 7) is 6.81. The summed E-state index contributed by atoms with van der Waals surface area (Å²) < 4.78 is 0. The molecule has 0 aromatic heterocycles. The van der Waals surface area contributed by atoms with Crippen molar-refractivity contribution in [2.24, 2.45) is 0 Å². The molecular formula is C15H22N2O. The molecule has 0 aliphatic carbocycles. The molecule has 1 saturated heterocycles. The molecule has 1 heterocycles. The Morgan fingerprint density at radius 2 is 2.00 bits per heavy atom. The van der Waals surface area contributed by atoms with Crippen molar-refractivity contribution in [2.45, 2.75) is 32.2 Å². The summed E-state index contributed by atoms with van der Waals surface area (Å²) in [4.78, 5) is 14.0.